The van der Waals surface area contributed by atoms with Gasteiger partial charge >= 0.3 is 5.91 Å². The van der Waals surface area contributed by atoms with Gasteiger partial charge in [-0.1, -0.05) is 48.0 Å². The molecule has 2 amide bonds. The van der Waals surface area contributed by atoms with Crippen LogP contribution in [0, 0.1) is 12.7 Å². The van der Waals surface area contributed by atoms with Crippen LogP contribution in [0.3, 0.4) is 0 Å². The van der Waals surface area contributed by atoms with E-state index in [0.29, 0.717) is 0 Å². The summed E-state index contributed by atoms with van der Waals surface area (Å²) in [7, 11) is 0. The van der Waals surface area contributed by atoms with Crippen molar-refractivity contribution in [2.45, 2.75) is 19.0 Å². The Morgan fingerprint density at radius 3 is 2.33 bits per heavy atom. The van der Waals surface area contributed by atoms with E-state index in [1.165, 1.54) is 24.3 Å². The summed E-state index contributed by atoms with van der Waals surface area (Å²) in [4.78, 5) is 25.5. The summed E-state index contributed by atoms with van der Waals surface area (Å²) in [6.07, 6.45) is 1.84. The van der Waals surface area contributed by atoms with Crippen molar-refractivity contribution in [1.82, 2.24) is 10.7 Å². The monoisotopic (exact) mass is 402 g/mol. The Morgan fingerprint density at radius 2 is 1.67 bits per heavy atom. The summed E-state index contributed by atoms with van der Waals surface area (Å²) in [6.45, 7) is 1.99. The molecule has 1 aliphatic rings. The van der Waals surface area contributed by atoms with E-state index in [4.69, 9.17) is 0 Å². The Labute approximate surface area is 173 Å². The molecule has 0 unspecified atom stereocenters. The molecule has 0 spiro atoms. The van der Waals surface area contributed by atoms with Crippen LogP contribution in [0.4, 0.5) is 4.39 Å². The number of amides is 2. The van der Waals surface area contributed by atoms with E-state index in [-0.39, 0.29) is 11.5 Å². The lowest BCUT2D eigenvalue weighted by molar-refractivity contribution is -0.596. The zero-order valence-electron chi connectivity index (χ0n) is 16.4. The van der Waals surface area contributed by atoms with Gasteiger partial charge in [0.15, 0.2) is 6.04 Å². The molecule has 150 valence electrons. The minimum Gasteiger partial charge on any atom is -0.334 e. The van der Waals surface area contributed by atoms with Crippen molar-refractivity contribution in [3.8, 4) is 0 Å². The number of nitrogens with zero attached hydrogens (tertiary/aromatic N) is 1. The van der Waals surface area contributed by atoms with Crippen LogP contribution in [0.25, 0.3) is 0 Å². The molecule has 3 aromatic carbocycles. The molecule has 1 fully saturated rings. The Morgan fingerprint density at radius 1 is 1.00 bits per heavy atom. The second-order valence-electron chi connectivity index (χ2n) is 7.24. The molecule has 30 heavy (non-hydrogen) atoms. The molecule has 5 nitrogen and oxygen atoms in total. The van der Waals surface area contributed by atoms with Crippen molar-refractivity contribution in [2.75, 3.05) is 0 Å². The predicted molar refractivity (Wildman–Crippen MR) is 112 cm³/mol. The van der Waals surface area contributed by atoms with E-state index >= 15 is 0 Å². The first kappa shape index (κ1) is 19.5. The van der Waals surface area contributed by atoms with Crippen LogP contribution in [0.15, 0.2) is 78.9 Å². The molecule has 4 rings (SSSR count). The average Bonchev–Trinajstić information content (AvgIpc) is 3.04. The first-order valence-electron chi connectivity index (χ1n) is 9.63. The fraction of sp³-hybridized carbons (Fsp3) is 0.125. The zero-order chi connectivity index (χ0) is 21.1. The summed E-state index contributed by atoms with van der Waals surface area (Å²) in [5.74, 6) is -1.18. The maximum absolute atomic E-state index is 13.2. The largest absolute Gasteiger partial charge is 0.334 e. The normalized spacial score (nSPS) is 19.5. The molecular weight excluding hydrogens is 381 g/mol. The Kier molecular flexibility index (Phi) is 5.39. The van der Waals surface area contributed by atoms with Gasteiger partial charge in [-0.25, -0.2) is 4.39 Å². The molecule has 3 aromatic rings. The van der Waals surface area contributed by atoms with Gasteiger partial charge in [0.05, 0.1) is 0 Å². The van der Waals surface area contributed by atoms with Crippen molar-refractivity contribution in [2.24, 2.45) is 0 Å². The maximum Gasteiger partial charge on any atom is 0.304 e. The molecule has 0 radical (unpaired) electrons. The van der Waals surface area contributed by atoms with Gasteiger partial charge in [0.2, 0.25) is 12.3 Å². The lowest BCUT2D eigenvalue weighted by Gasteiger charge is -2.15. The Bertz CT molecular complexity index is 1090. The number of hydrogen-bond acceptors (Lipinski definition) is 2. The topological polar surface area (TPSA) is 61.2 Å². The minimum atomic E-state index is -0.815. The standard InChI is InChI=1S/C24H20FN3O2/c1-16-7-9-18(10-8-16)22-21(26-23(29)19-11-13-20(25)14-12-19)24(30)27-28(22)15-17-5-3-2-4-6-17/h2-15,21-22H,1H3,(H-,26,27,29,30)/p+1/b28-15-/t21-,22+/m0/s1. The van der Waals surface area contributed by atoms with Gasteiger partial charge in [0.1, 0.15) is 5.82 Å². The van der Waals surface area contributed by atoms with Crippen LogP contribution in [0.1, 0.15) is 33.1 Å². The van der Waals surface area contributed by atoms with Crippen molar-refractivity contribution in [1.29, 1.82) is 0 Å². The van der Waals surface area contributed by atoms with Crippen LogP contribution in [0.5, 0.6) is 0 Å². The van der Waals surface area contributed by atoms with Crippen LogP contribution >= 0.6 is 0 Å². The summed E-state index contributed by atoms with van der Waals surface area (Å²) in [6, 6.07) is 21.4. The van der Waals surface area contributed by atoms with Crippen molar-refractivity contribution in [3.05, 3.63) is 107 Å². The van der Waals surface area contributed by atoms with Crippen LogP contribution in [-0.4, -0.2) is 28.8 Å². The third kappa shape index (κ3) is 4.12. The van der Waals surface area contributed by atoms with Crippen molar-refractivity contribution < 1.29 is 18.7 Å². The molecule has 2 atom stereocenters. The number of hydrazine groups is 1. The molecule has 2 N–H and O–H groups in total. The first-order chi connectivity index (χ1) is 14.5. The molecule has 0 bridgehead atoms. The Balaban J connectivity index is 1.69. The molecule has 0 saturated carbocycles. The highest BCUT2D eigenvalue weighted by molar-refractivity contribution is 5.98. The molecule has 1 saturated heterocycles. The van der Waals surface area contributed by atoms with Crippen LogP contribution < -0.4 is 10.7 Å². The average molecular weight is 402 g/mol. The van der Waals surface area contributed by atoms with E-state index in [1.54, 1.807) is 4.68 Å². The van der Waals surface area contributed by atoms with Gasteiger partial charge in [-0.15, -0.1) is 10.1 Å². The van der Waals surface area contributed by atoms with E-state index in [9.17, 15) is 14.0 Å². The quantitative estimate of drug-likeness (QED) is 0.659. The second-order valence-corrected chi connectivity index (χ2v) is 7.24. The summed E-state index contributed by atoms with van der Waals surface area (Å²) in [5.41, 5.74) is 6.04. The van der Waals surface area contributed by atoms with Crippen molar-refractivity contribution in [3.63, 3.8) is 0 Å². The predicted octanol–water partition coefficient (Wildman–Crippen LogP) is 3.15. The number of hydrogen-bond donors (Lipinski definition) is 2. The van der Waals surface area contributed by atoms with Gasteiger partial charge in [-0.3, -0.25) is 9.59 Å². The third-order valence-electron chi connectivity index (χ3n) is 5.04. The fourth-order valence-electron chi connectivity index (χ4n) is 3.47. The molecule has 1 heterocycles. The molecular formula is C24H21FN3O2+. The number of benzene rings is 3. The lowest BCUT2D eigenvalue weighted by atomic mass is 9.98. The smallest absolute Gasteiger partial charge is 0.304 e. The molecule has 6 heteroatoms. The number of aryl methyl sites for hydroxylation is 1. The van der Waals surface area contributed by atoms with Crippen LogP contribution in [0.2, 0.25) is 0 Å². The number of rotatable bonds is 4. The van der Waals surface area contributed by atoms with E-state index in [1.807, 2.05) is 67.7 Å². The Hall–Kier alpha value is -3.80. The summed E-state index contributed by atoms with van der Waals surface area (Å²) >= 11 is 0. The van der Waals surface area contributed by atoms with Crippen LogP contribution in [-0.2, 0) is 4.79 Å². The number of nitrogens with one attached hydrogen (secondary N) is 2. The molecule has 0 aromatic heterocycles. The fourth-order valence-corrected chi connectivity index (χ4v) is 3.47. The third-order valence-corrected chi connectivity index (χ3v) is 5.04. The summed E-state index contributed by atoms with van der Waals surface area (Å²) in [5, 5.41) is 2.81. The number of carbonyl (C=O) groups excluding carboxylic acids is 2. The molecule has 0 aliphatic carbocycles. The maximum atomic E-state index is 13.2. The first-order valence-corrected chi connectivity index (χ1v) is 9.63. The minimum absolute atomic E-state index is 0.289. The SMILES string of the molecule is Cc1ccc([C@@H]2[C@H](NC(=O)c3ccc(F)cc3)C(=O)N/[N+]2=C\c2ccccc2)cc1. The molecule has 1 aliphatic heterocycles. The lowest BCUT2D eigenvalue weighted by Crippen LogP contribution is -2.42. The highest BCUT2D eigenvalue weighted by atomic mass is 19.1. The highest BCUT2D eigenvalue weighted by Gasteiger charge is 2.47. The zero-order valence-corrected chi connectivity index (χ0v) is 16.4. The van der Waals surface area contributed by atoms with E-state index in [0.717, 1.165) is 16.7 Å². The van der Waals surface area contributed by atoms with Gasteiger partial charge in [0, 0.05) is 16.7 Å². The number of halogens is 1. The van der Waals surface area contributed by atoms with Gasteiger partial charge in [-0.05, 0) is 43.3 Å². The number of hydrazone groups is 1. The highest BCUT2D eigenvalue weighted by Crippen LogP contribution is 2.26. The second kappa shape index (κ2) is 8.29. The number of carbonyl (C=O) groups is 2. The van der Waals surface area contributed by atoms with Gasteiger partial charge in [-0.2, -0.15) is 0 Å². The van der Waals surface area contributed by atoms with E-state index < -0.39 is 23.8 Å². The van der Waals surface area contributed by atoms with Gasteiger partial charge < -0.3 is 5.32 Å². The van der Waals surface area contributed by atoms with Gasteiger partial charge in [0.25, 0.3) is 5.91 Å². The van der Waals surface area contributed by atoms with Crippen molar-refractivity contribution >= 4 is 18.0 Å². The summed E-state index contributed by atoms with van der Waals surface area (Å²) < 4.78 is 14.9. The van der Waals surface area contributed by atoms with E-state index in [2.05, 4.69) is 10.7 Å².